The molecule has 1 saturated heterocycles. The lowest BCUT2D eigenvalue weighted by Gasteiger charge is -2.29. The van der Waals surface area contributed by atoms with Crippen LogP contribution in [0, 0.1) is 0 Å². The van der Waals surface area contributed by atoms with Gasteiger partial charge in [-0.25, -0.2) is 0 Å². The van der Waals surface area contributed by atoms with Crippen LogP contribution in [0.3, 0.4) is 0 Å². The highest BCUT2D eigenvalue weighted by atomic mass is 35.5. The lowest BCUT2D eigenvalue weighted by atomic mass is 10.1. The van der Waals surface area contributed by atoms with Crippen LogP contribution in [-0.4, -0.2) is 72.2 Å². The summed E-state index contributed by atoms with van der Waals surface area (Å²) in [4.78, 5) is 27.8. The summed E-state index contributed by atoms with van der Waals surface area (Å²) in [5, 5.41) is 10.7. The molecule has 23 heavy (non-hydrogen) atoms. The SMILES string of the molecule is O=C1c2cc(Cl)c(Cl)cc2C(=O)N1C[C@@H](O)CN1CCOCC1. The highest BCUT2D eigenvalue weighted by molar-refractivity contribution is 6.43. The van der Waals surface area contributed by atoms with Crippen molar-refractivity contribution in [2.24, 2.45) is 0 Å². The Kier molecular flexibility index (Phi) is 4.89. The van der Waals surface area contributed by atoms with Gasteiger partial charge in [-0.05, 0) is 12.1 Å². The summed E-state index contributed by atoms with van der Waals surface area (Å²) >= 11 is 11.8. The summed E-state index contributed by atoms with van der Waals surface area (Å²) in [5.41, 5.74) is 0.450. The van der Waals surface area contributed by atoms with Gasteiger partial charge in [0.2, 0.25) is 0 Å². The number of carbonyl (C=O) groups is 2. The summed E-state index contributed by atoms with van der Waals surface area (Å²) < 4.78 is 5.25. The predicted molar refractivity (Wildman–Crippen MR) is 85.1 cm³/mol. The number of ether oxygens (including phenoxy) is 1. The number of aliphatic hydroxyl groups excluding tert-OH is 1. The van der Waals surface area contributed by atoms with Crippen LogP contribution in [0.1, 0.15) is 20.7 Å². The minimum Gasteiger partial charge on any atom is -0.390 e. The molecule has 2 amide bonds. The summed E-state index contributed by atoms with van der Waals surface area (Å²) in [6.07, 6.45) is -0.818. The molecule has 0 aliphatic carbocycles. The van der Waals surface area contributed by atoms with Crippen molar-refractivity contribution >= 4 is 35.0 Å². The Bertz CT molecular complexity index is 606. The first kappa shape index (κ1) is 16.7. The largest absolute Gasteiger partial charge is 0.390 e. The Balaban J connectivity index is 1.69. The molecular weight excluding hydrogens is 343 g/mol. The van der Waals surface area contributed by atoms with Crippen molar-refractivity contribution in [3.05, 3.63) is 33.3 Å². The Morgan fingerprint density at radius 2 is 1.57 bits per heavy atom. The van der Waals surface area contributed by atoms with Gasteiger partial charge in [0.05, 0.1) is 47.0 Å². The molecular formula is C15H16Cl2N2O4. The standard InChI is InChI=1S/C15H16Cl2N2O4/c16-12-5-10-11(6-13(12)17)15(22)19(14(10)21)8-9(20)7-18-1-3-23-4-2-18/h5-6,9,20H,1-4,7-8H2/t9-/m0/s1. The van der Waals surface area contributed by atoms with Crippen LogP contribution in [-0.2, 0) is 4.74 Å². The van der Waals surface area contributed by atoms with E-state index in [-0.39, 0.29) is 27.7 Å². The third-order valence-corrected chi connectivity index (χ3v) is 4.70. The molecule has 1 aromatic rings. The molecule has 1 fully saturated rings. The molecule has 1 atom stereocenters. The highest BCUT2D eigenvalue weighted by Gasteiger charge is 2.37. The molecule has 0 radical (unpaired) electrons. The zero-order chi connectivity index (χ0) is 16.6. The van der Waals surface area contributed by atoms with Crippen LogP contribution in [0.2, 0.25) is 10.0 Å². The minimum atomic E-state index is -0.818. The zero-order valence-electron chi connectivity index (χ0n) is 12.3. The maximum atomic E-state index is 12.4. The fourth-order valence-electron chi connectivity index (χ4n) is 2.80. The number of fused-ring (bicyclic) bond motifs is 1. The summed E-state index contributed by atoms with van der Waals surface area (Å²) in [7, 11) is 0. The number of hydrogen-bond acceptors (Lipinski definition) is 5. The van der Waals surface area contributed by atoms with Crippen LogP contribution in [0.4, 0.5) is 0 Å². The average Bonchev–Trinajstić information content (AvgIpc) is 2.74. The van der Waals surface area contributed by atoms with Crippen LogP contribution >= 0.6 is 23.2 Å². The van der Waals surface area contributed by atoms with Crippen molar-refractivity contribution in [2.75, 3.05) is 39.4 Å². The van der Waals surface area contributed by atoms with E-state index in [0.29, 0.717) is 19.8 Å². The number of hydrogen-bond donors (Lipinski definition) is 1. The molecule has 1 N–H and O–H groups in total. The van der Waals surface area contributed by atoms with Gasteiger partial charge >= 0.3 is 0 Å². The van der Waals surface area contributed by atoms with Crippen molar-refractivity contribution in [1.82, 2.24) is 9.80 Å². The van der Waals surface area contributed by atoms with Crippen molar-refractivity contribution in [3.8, 4) is 0 Å². The van der Waals surface area contributed by atoms with Crippen LogP contribution in [0.5, 0.6) is 0 Å². The topological polar surface area (TPSA) is 70.1 Å². The number of benzene rings is 1. The molecule has 0 unspecified atom stereocenters. The Labute approximate surface area is 143 Å². The molecule has 2 heterocycles. The number of halogens is 2. The number of amides is 2. The number of rotatable bonds is 4. The molecule has 3 rings (SSSR count). The number of nitrogens with zero attached hydrogens (tertiary/aromatic N) is 2. The van der Waals surface area contributed by atoms with E-state index in [2.05, 4.69) is 0 Å². The molecule has 0 bridgehead atoms. The van der Waals surface area contributed by atoms with Gasteiger partial charge in [0.1, 0.15) is 0 Å². The monoisotopic (exact) mass is 358 g/mol. The number of imide groups is 1. The molecule has 2 aliphatic rings. The van der Waals surface area contributed by atoms with Crippen molar-refractivity contribution in [1.29, 1.82) is 0 Å². The van der Waals surface area contributed by atoms with Gasteiger partial charge in [-0.15, -0.1) is 0 Å². The number of carbonyl (C=O) groups excluding carboxylic acids is 2. The van der Waals surface area contributed by atoms with E-state index in [1.807, 2.05) is 4.90 Å². The van der Waals surface area contributed by atoms with Gasteiger partial charge in [-0.1, -0.05) is 23.2 Å². The summed E-state index contributed by atoms with van der Waals surface area (Å²) in [6.45, 7) is 3.03. The number of morpholine rings is 1. The van der Waals surface area contributed by atoms with Crippen molar-refractivity contribution in [2.45, 2.75) is 6.10 Å². The maximum Gasteiger partial charge on any atom is 0.261 e. The second-order valence-corrected chi connectivity index (χ2v) is 6.41. The fourth-order valence-corrected chi connectivity index (χ4v) is 3.13. The zero-order valence-corrected chi connectivity index (χ0v) is 13.8. The fraction of sp³-hybridized carbons (Fsp3) is 0.467. The first-order chi connectivity index (χ1) is 11.0. The van der Waals surface area contributed by atoms with E-state index >= 15 is 0 Å². The van der Waals surface area contributed by atoms with Crippen LogP contribution in [0.15, 0.2) is 12.1 Å². The Hall–Kier alpha value is -1.18. The van der Waals surface area contributed by atoms with Crippen LogP contribution in [0.25, 0.3) is 0 Å². The maximum absolute atomic E-state index is 12.4. The molecule has 0 aromatic heterocycles. The third-order valence-electron chi connectivity index (χ3n) is 3.98. The van der Waals surface area contributed by atoms with E-state index in [1.54, 1.807) is 0 Å². The van der Waals surface area contributed by atoms with E-state index in [4.69, 9.17) is 27.9 Å². The second-order valence-electron chi connectivity index (χ2n) is 5.60. The smallest absolute Gasteiger partial charge is 0.261 e. The third kappa shape index (κ3) is 3.36. The molecule has 0 saturated carbocycles. The van der Waals surface area contributed by atoms with Gasteiger partial charge in [0.25, 0.3) is 11.8 Å². The van der Waals surface area contributed by atoms with Gasteiger partial charge in [-0.2, -0.15) is 0 Å². The number of aliphatic hydroxyl groups is 1. The quantitative estimate of drug-likeness (QED) is 0.821. The number of β-amino-alcohol motifs (C(OH)–C–C–N with tert-alkyl or cyclic N) is 1. The van der Waals surface area contributed by atoms with Crippen LogP contribution < -0.4 is 0 Å². The van der Waals surface area contributed by atoms with Gasteiger partial charge in [0.15, 0.2) is 0 Å². The van der Waals surface area contributed by atoms with Crippen molar-refractivity contribution < 1.29 is 19.4 Å². The average molecular weight is 359 g/mol. The van der Waals surface area contributed by atoms with E-state index < -0.39 is 17.9 Å². The summed E-state index contributed by atoms with van der Waals surface area (Å²) in [6, 6.07) is 2.79. The molecule has 1 aromatic carbocycles. The van der Waals surface area contributed by atoms with E-state index in [1.165, 1.54) is 12.1 Å². The molecule has 0 spiro atoms. The van der Waals surface area contributed by atoms with E-state index in [9.17, 15) is 14.7 Å². The van der Waals surface area contributed by atoms with E-state index in [0.717, 1.165) is 18.0 Å². The summed E-state index contributed by atoms with van der Waals surface area (Å²) in [5.74, 6) is -0.908. The molecule has 8 heteroatoms. The predicted octanol–water partition coefficient (Wildman–Crippen LogP) is 1.28. The highest BCUT2D eigenvalue weighted by Crippen LogP contribution is 2.31. The minimum absolute atomic E-state index is 0.0566. The molecule has 2 aliphatic heterocycles. The Morgan fingerprint density at radius 3 is 2.09 bits per heavy atom. The first-order valence-corrected chi connectivity index (χ1v) is 8.06. The van der Waals surface area contributed by atoms with Crippen molar-refractivity contribution in [3.63, 3.8) is 0 Å². The second kappa shape index (κ2) is 6.75. The first-order valence-electron chi connectivity index (χ1n) is 7.31. The van der Waals surface area contributed by atoms with Gasteiger partial charge in [-0.3, -0.25) is 19.4 Å². The normalized spacial score (nSPS) is 20.0. The molecule has 6 nitrogen and oxygen atoms in total. The van der Waals surface area contributed by atoms with Gasteiger partial charge < -0.3 is 9.84 Å². The lowest BCUT2D eigenvalue weighted by molar-refractivity contribution is 0.00800. The lowest BCUT2D eigenvalue weighted by Crippen LogP contribution is -2.45. The molecule has 124 valence electrons. The van der Waals surface area contributed by atoms with Gasteiger partial charge in [0, 0.05) is 19.6 Å². The Morgan fingerprint density at radius 1 is 1.04 bits per heavy atom.